The van der Waals surface area contributed by atoms with Gasteiger partial charge in [-0.15, -0.1) is 0 Å². The molecule has 0 aromatic heterocycles. The van der Waals surface area contributed by atoms with Crippen molar-refractivity contribution in [2.24, 2.45) is 17.1 Å². The molecule has 0 aromatic rings. The molecular formula is C14H28N2. The summed E-state index contributed by atoms with van der Waals surface area (Å²) in [5.41, 5.74) is 6.83. The average molecular weight is 224 g/mol. The van der Waals surface area contributed by atoms with Crippen LogP contribution in [0.1, 0.15) is 53.4 Å². The molecule has 1 saturated heterocycles. The van der Waals surface area contributed by atoms with Crippen molar-refractivity contribution in [3.63, 3.8) is 0 Å². The van der Waals surface area contributed by atoms with E-state index in [2.05, 4.69) is 32.6 Å². The van der Waals surface area contributed by atoms with Gasteiger partial charge in [0.25, 0.3) is 0 Å². The number of nitrogens with two attached hydrogens (primary N) is 1. The van der Waals surface area contributed by atoms with Crippen molar-refractivity contribution in [2.75, 3.05) is 6.54 Å². The molecule has 1 saturated carbocycles. The summed E-state index contributed by atoms with van der Waals surface area (Å²) in [6.45, 7) is 10.7. The number of hydrogen-bond donors (Lipinski definition) is 1. The smallest absolute Gasteiger partial charge is 0.0255 e. The summed E-state index contributed by atoms with van der Waals surface area (Å²) in [4.78, 5) is 2.69. The molecule has 2 rings (SSSR count). The molecule has 4 unspecified atom stereocenters. The first kappa shape index (κ1) is 12.4. The number of rotatable bonds is 1. The first-order valence-corrected chi connectivity index (χ1v) is 6.93. The SMILES string of the molecule is CC1CC(C)N(C2CCCC(C)(C)C2N)C1. The van der Waals surface area contributed by atoms with Gasteiger partial charge in [0.15, 0.2) is 0 Å². The van der Waals surface area contributed by atoms with Crippen LogP contribution in [0, 0.1) is 11.3 Å². The fourth-order valence-electron chi connectivity index (χ4n) is 3.80. The lowest BCUT2D eigenvalue weighted by Crippen LogP contribution is -2.57. The van der Waals surface area contributed by atoms with E-state index in [0.29, 0.717) is 17.5 Å². The van der Waals surface area contributed by atoms with Crippen LogP contribution in [0.3, 0.4) is 0 Å². The van der Waals surface area contributed by atoms with E-state index in [9.17, 15) is 0 Å². The highest BCUT2D eigenvalue weighted by atomic mass is 15.2. The maximum absolute atomic E-state index is 6.50. The van der Waals surface area contributed by atoms with Crippen LogP contribution in [0.2, 0.25) is 0 Å². The van der Waals surface area contributed by atoms with E-state index in [0.717, 1.165) is 12.0 Å². The molecule has 1 aliphatic heterocycles. The Hall–Kier alpha value is -0.0800. The lowest BCUT2D eigenvalue weighted by atomic mass is 9.70. The topological polar surface area (TPSA) is 29.3 Å². The second-order valence-corrected chi connectivity index (χ2v) is 6.86. The van der Waals surface area contributed by atoms with Crippen molar-refractivity contribution in [3.8, 4) is 0 Å². The molecular weight excluding hydrogens is 196 g/mol. The van der Waals surface area contributed by atoms with Crippen molar-refractivity contribution < 1.29 is 0 Å². The minimum atomic E-state index is 0.328. The van der Waals surface area contributed by atoms with Gasteiger partial charge in [0, 0.05) is 24.7 Å². The summed E-state index contributed by atoms with van der Waals surface area (Å²) in [5.74, 6) is 0.854. The highest BCUT2D eigenvalue weighted by molar-refractivity contribution is 4.99. The van der Waals surface area contributed by atoms with E-state index < -0.39 is 0 Å². The van der Waals surface area contributed by atoms with E-state index in [4.69, 9.17) is 5.73 Å². The van der Waals surface area contributed by atoms with Crippen molar-refractivity contribution in [1.82, 2.24) is 4.90 Å². The molecule has 0 bridgehead atoms. The third kappa shape index (κ3) is 2.14. The van der Waals surface area contributed by atoms with Crippen molar-refractivity contribution >= 4 is 0 Å². The van der Waals surface area contributed by atoms with Crippen molar-refractivity contribution in [2.45, 2.75) is 71.5 Å². The summed E-state index contributed by atoms with van der Waals surface area (Å²) in [6.07, 6.45) is 5.30. The van der Waals surface area contributed by atoms with Gasteiger partial charge in [-0.05, 0) is 37.5 Å². The minimum Gasteiger partial charge on any atom is -0.326 e. The Morgan fingerprint density at radius 2 is 1.94 bits per heavy atom. The summed E-state index contributed by atoms with van der Waals surface area (Å²) in [6, 6.07) is 1.72. The quantitative estimate of drug-likeness (QED) is 0.742. The van der Waals surface area contributed by atoms with E-state index in [1.165, 1.54) is 32.2 Å². The van der Waals surface area contributed by atoms with Gasteiger partial charge in [-0.25, -0.2) is 0 Å². The first-order valence-electron chi connectivity index (χ1n) is 6.93. The maximum atomic E-state index is 6.50. The van der Waals surface area contributed by atoms with Gasteiger partial charge < -0.3 is 5.73 Å². The molecule has 0 amide bonds. The molecule has 2 fully saturated rings. The second kappa shape index (κ2) is 4.30. The van der Waals surface area contributed by atoms with Crippen LogP contribution in [-0.2, 0) is 0 Å². The second-order valence-electron chi connectivity index (χ2n) is 6.86. The third-order valence-electron chi connectivity index (χ3n) is 4.90. The van der Waals surface area contributed by atoms with Crippen LogP contribution in [0.25, 0.3) is 0 Å². The predicted octanol–water partition coefficient (Wildman–Crippen LogP) is 2.62. The lowest BCUT2D eigenvalue weighted by molar-refractivity contribution is 0.0626. The van der Waals surface area contributed by atoms with E-state index in [1.54, 1.807) is 0 Å². The van der Waals surface area contributed by atoms with E-state index >= 15 is 0 Å². The zero-order valence-corrected chi connectivity index (χ0v) is 11.4. The Morgan fingerprint density at radius 1 is 1.25 bits per heavy atom. The molecule has 2 N–H and O–H groups in total. The lowest BCUT2D eigenvalue weighted by Gasteiger charge is -2.46. The molecule has 94 valence electrons. The molecule has 0 aromatic carbocycles. The Balaban J connectivity index is 2.09. The first-order chi connectivity index (χ1) is 7.42. The molecule has 2 nitrogen and oxygen atoms in total. The molecule has 1 heterocycles. The highest BCUT2D eigenvalue weighted by Gasteiger charge is 2.42. The van der Waals surface area contributed by atoms with Crippen molar-refractivity contribution in [1.29, 1.82) is 0 Å². The number of likely N-dealkylation sites (tertiary alicyclic amines) is 1. The largest absolute Gasteiger partial charge is 0.326 e. The fourth-order valence-corrected chi connectivity index (χ4v) is 3.80. The molecule has 1 aliphatic carbocycles. The van der Waals surface area contributed by atoms with Gasteiger partial charge in [0.05, 0.1) is 0 Å². The molecule has 0 spiro atoms. The summed E-state index contributed by atoms with van der Waals surface area (Å²) >= 11 is 0. The summed E-state index contributed by atoms with van der Waals surface area (Å²) in [7, 11) is 0. The standard InChI is InChI=1S/C14H28N2/c1-10-8-11(2)16(9-10)12-6-5-7-14(3,4)13(12)15/h10-13H,5-9,15H2,1-4H3. The predicted molar refractivity (Wildman–Crippen MR) is 69.3 cm³/mol. The van der Waals surface area contributed by atoms with Gasteiger partial charge >= 0.3 is 0 Å². The Bertz CT molecular complexity index is 249. The summed E-state index contributed by atoms with van der Waals surface area (Å²) < 4.78 is 0. The Morgan fingerprint density at radius 3 is 2.50 bits per heavy atom. The number of hydrogen-bond acceptors (Lipinski definition) is 2. The van der Waals surface area contributed by atoms with Crippen LogP contribution < -0.4 is 5.73 Å². The maximum Gasteiger partial charge on any atom is 0.0255 e. The monoisotopic (exact) mass is 224 g/mol. The molecule has 2 heteroatoms. The van der Waals surface area contributed by atoms with E-state index in [1.807, 2.05) is 0 Å². The van der Waals surface area contributed by atoms with Crippen LogP contribution in [-0.4, -0.2) is 29.6 Å². The Kier molecular flexibility index (Phi) is 3.33. The van der Waals surface area contributed by atoms with Crippen LogP contribution in [0.4, 0.5) is 0 Å². The number of nitrogens with zero attached hydrogens (tertiary/aromatic N) is 1. The van der Waals surface area contributed by atoms with E-state index in [-0.39, 0.29) is 0 Å². The Labute approximate surface area is 101 Å². The van der Waals surface area contributed by atoms with Gasteiger partial charge in [0.1, 0.15) is 0 Å². The van der Waals surface area contributed by atoms with Gasteiger partial charge in [0.2, 0.25) is 0 Å². The zero-order valence-electron chi connectivity index (χ0n) is 11.4. The van der Waals surface area contributed by atoms with Crippen LogP contribution >= 0.6 is 0 Å². The molecule has 4 atom stereocenters. The van der Waals surface area contributed by atoms with Gasteiger partial charge in [-0.2, -0.15) is 0 Å². The fraction of sp³-hybridized carbons (Fsp3) is 1.00. The van der Waals surface area contributed by atoms with Gasteiger partial charge in [-0.3, -0.25) is 4.90 Å². The summed E-state index contributed by atoms with van der Waals surface area (Å²) in [5, 5.41) is 0. The van der Waals surface area contributed by atoms with Crippen molar-refractivity contribution in [3.05, 3.63) is 0 Å². The molecule has 16 heavy (non-hydrogen) atoms. The van der Waals surface area contributed by atoms with Gasteiger partial charge in [-0.1, -0.05) is 27.2 Å². The average Bonchev–Trinajstić information content (AvgIpc) is 2.50. The minimum absolute atomic E-state index is 0.328. The molecule has 0 radical (unpaired) electrons. The molecule has 2 aliphatic rings. The zero-order chi connectivity index (χ0) is 11.9. The highest BCUT2D eigenvalue weighted by Crippen LogP contribution is 2.39. The third-order valence-corrected chi connectivity index (χ3v) is 4.90. The normalized spacial score (nSPS) is 44.8. The van der Waals surface area contributed by atoms with Crippen LogP contribution in [0.5, 0.6) is 0 Å². The van der Waals surface area contributed by atoms with Crippen LogP contribution in [0.15, 0.2) is 0 Å².